The Bertz CT molecular complexity index is 625. The van der Waals surface area contributed by atoms with Crippen LogP contribution in [0.2, 0.25) is 0 Å². The molecule has 0 amide bonds. The fourth-order valence-corrected chi connectivity index (χ4v) is 2.96. The molecule has 7 heteroatoms. The van der Waals surface area contributed by atoms with Gasteiger partial charge in [0, 0.05) is 26.0 Å². The van der Waals surface area contributed by atoms with Crippen LogP contribution >= 0.6 is 27.7 Å². The highest BCUT2D eigenvalue weighted by atomic mass is 79.9. The molecule has 106 valence electrons. The van der Waals surface area contributed by atoms with Crippen LogP contribution in [0.25, 0.3) is 0 Å². The summed E-state index contributed by atoms with van der Waals surface area (Å²) in [6.07, 6.45) is 0. The fourth-order valence-electron chi connectivity index (χ4n) is 1.48. The summed E-state index contributed by atoms with van der Waals surface area (Å²) in [5.41, 5.74) is 5.85. The lowest BCUT2D eigenvalue weighted by molar-refractivity contribution is -0.0523. The van der Waals surface area contributed by atoms with Crippen molar-refractivity contribution in [3.8, 4) is 5.75 Å². The molecule has 0 heterocycles. The van der Waals surface area contributed by atoms with Crippen molar-refractivity contribution in [1.82, 2.24) is 0 Å². The Morgan fingerprint density at radius 3 is 2.60 bits per heavy atom. The van der Waals surface area contributed by atoms with Crippen molar-refractivity contribution in [3.63, 3.8) is 0 Å². The molecule has 0 unspecified atom stereocenters. The molecule has 0 aliphatic heterocycles. The van der Waals surface area contributed by atoms with Crippen LogP contribution in [0.3, 0.4) is 0 Å². The van der Waals surface area contributed by atoms with Crippen molar-refractivity contribution in [2.24, 2.45) is 0 Å². The molecule has 2 aromatic rings. The van der Waals surface area contributed by atoms with Gasteiger partial charge in [0.05, 0.1) is 0 Å². The summed E-state index contributed by atoms with van der Waals surface area (Å²) in [5, 5.41) is 0. The van der Waals surface area contributed by atoms with Crippen LogP contribution in [-0.4, -0.2) is 6.61 Å². The first kappa shape index (κ1) is 15.1. The summed E-state index contributed by atoms with van der Waals surface area (Å²) < 4.78 is 42.8. The summed E-state index contributed by atoms with van der Waals surface area (Å²) in [6.45, 7) is -3.09. The van der Waals surface area contributed by atoms with E-state index < -0.39 is 18.2 Å². The van der Waals surface area contributed by atoms with E-state index in [2.05, 4.69) is 20.7 Å². The average molecular weight is 364 g/mol. The van der Waals surface area contributed by atoms with E-state index >= 15 is 0 Å². The molecule has 0 radical (unpaired) electrons. The molecule has 2 nitrogen and oxygen atoms in total. The molecular formula is C13H9BrF3NOS. The van der Waals surface area contributed by atoms with Crippen LogP contribution in [0, 0.1) is 5.82 Å². The van der Waals surface area contributed by atoms with Crippen LogP contribution in [0.15, 0.2) is 50.7 Å². The van der Waals surface area contributed by atoms with Crippen LogP contribution in [0.4, 0.5) is 18.9 Å². The maximum absolute atomic E-state index is 13.4. The molecule has 0 aromatic heterocycles. The van der Waals surface area contributed by atoms with E-state index in [1.165, 1.54) is 17.8 Å². The van der Waals surface area contributed by atoms with Gasteiger partial charge in [0.1, 0.15) is 0 Å². The van der Waals surface area contributed by atoms with Crippen molar-refractivity contribution in [3.05, 3.63) is 46.7 Å². The molecule has 0 saturated heterocycles. The van der Waals surface area contributed by atoms with Crippen LogP contribution in [0.1, 0.15) is 0 Å². The van der Waals surface area contributed by atoms with E-state index in [-0.39, 0.29) is 5.69 Å². The number of nitrogen functional groups attached to an aromatic ring is 1. The zero-order valence-corrected chi connectivity index (χ0v) is 12.3. The summed E-state index contributed by atoms with van der Waals surface area (Å²) in [7, 11) is 0. The first-order chi connectivity index (χ1) is 9.45. The highest BCUT2D eigenvalue weighted by molar-refractivity contribution is 9.10. The molecule has 2 N–H and O–H groups in total. The summed E-state index contributed by atoms with van der Waals surface area (Å²) in [4.78, 5) is 1.28. The van der Waals surface area contributed by atoms with E-state index in [1.54, 1.807) is 0 Å². The zero-order valence-electron chi connectivity index (χ0n) is 9.95. The normalized spacial score (nSPS) is 10.8. The molecule has 0 atom stereocenters. The monoisotopic (exact) mass is 363 g/mol. The maximum Gasteiger partial charge on any atom is 0.387 e. The Morgan fingerprint density at radius 2 is 1.95 bits per heavy atom. The molecule has 20 heavy (non-hydrogen) atoms. The minimum absolute atomic E-state index is 0.161. The Kier molecular flexibility index (Phi) is 4.82. The molecule has 2 rings (SSSR count). The van der Waals surface area contributed by atoms with E-state index in [0.29, 0.717) is 4.90 Å². The SMILES string of the molecule is Nc1cc(F)c(OC(F)F)cc1Sc1cccc(Br)c1. The number of ether oxygens (including phenoxy) is 1. The van der Waals surface area contributed by atoms with Crippen molar-refractivity contribution in [2.45, 2.75) is 16.4 Å². The van der Waals surface area contributed by atoms with Gasteiger partial charge in [0.15, 0.2) is 11.6 Å². The number of hydrogen-bond acceptors (Lipinski definition) is 3. The number of hydrogen-bond donors (Lipinski definition) is 1. The van der Waals surface area contributed by atoms with Crippen LogP contribution < -0.4 is 10.5 Å². The summed E-state index contributed by atoms with van der Waals surface area (Å²) in [5.74, 6) is -1.44. The highest BCUT2D eigenvalue weighted by Crippen LogP contribution is 2.37. The van der Waals surface area contributed by atoms with Crippen LogP contribution in [-0.2, 0) is 0 Å². The predicted octanol–water partition coefficient (Wildman–Crippen LogP) is 4.92. The Balaban J connectivity index is 2.31. The fraction of sp³-hybridized carbons (Fsp3) is 0.0769. The second kappa shape index (κ2) is 6.41. The number of anilines is 1. The zero-order chi connectivity index (χ0) is 14.7. The van der Waals surface area contributed by atoms with E-state index in [4.69, 9.17) is 5.73 Å². The maximum atomic E-state index is 13.4. The minimum atomic E-state index is -3.09. The number of halogens is 4. The lowest BCUT2D eigenvalue weighted by atomic mass is 10.3. The number of nitrogens with two attached hydrogens (primary N) is 1. The van der Waals surface area contributed by atoms with Gasteiger partial charge in [-0.1, -0.05) is 33.8 Å². The molecule has 2 aromatic carbocycles. The standard InChI is InChI=1S/C13H9BrF3NOS/c14-7-2-1-3-8(4-7)20-12-6-11(19-13(16)17)9(15)5-10(12)18/h1-6,13H,18H2. The smallest absolute Gasteiger partial charge is 0.387 e. The second-order valence-corrected chi connectivity index (χ2v) is 5.79. The molecule has 0 spiro atoms. The third-order valence-corrected chi connectivity index (χ3v) is 3.86. The summed E-state index contributed by atoms with van der Waals surface area (Å²) >= 11 is 4.56. The number of benzene rings is 2. The first-order valence-corrected chi connectivity index (χ1v) is 7.04. The lowest BCUT2D eigenvalue weighted by Gasteiger charge is -2.10. The van der Waals surface area contributed by atoms with Gasteiger partial charge in [-0.25, -0.2) is 4.39 Å². The van der Waals surface area contributed by atoms with E-state index in [0.717, 1.165) is 15.4 Å². The largest absolute Gasteiger partial charge is 0.432 e. The first-order valence-electron chi connectivity index (χ1n) is 5.43. The van der Waals surface area contributed by atoms with Gasteiger partial charge in [-0.05, 0) is 24.3 Å². The van der Waals surface area contributed by atoms with Crippen molar-refractivity contribution in [1.29, 1.82) is 0 Å². The molecule has 0 aliphatic rings. The molecule has 0 aliphatic carbocycles. The Hall–Kier alpha value is -1.34. The summed E-state index contributed by atoms with van der Waals surface area (Å²) in [6, 6.07) is 9.47. The van der Waals surface area contributed by atoms with Crippen molar-refractivity contribution in [2.75, 3.05) is 5.73 Å². The van der Waals surface area contributed by atoms with Crippen LogP contribution in [0.5, 0.6) is 5.75 Å². The lowest BCUT2D eigenvalue weighted by Crippen LogP contribution is -2.04. The van der Waals surface area contributed by atoms with Gasteiger partial charge in [-0.3, -0.25) is 0 Å². The van der Waals surface area contributed by atoms with Gasteiger partial charge in [-0.15, -0.1) is 0 Å². The Labute approximate surface area is 126 Å². The van der Waals surface area contributed by atoms with Gasteiger partial charge < -0.3 is 10.5 Å². The van der Waals surface area contributed by atoms with E-state index in [9.17, 15) is 13.2 Å². The average Bonchev–Trinajstić information content (AvgIpc) is 2.34. The van der Waals surface area contributed by atoms with E-state index in [1.807, 2.05) is 24.3 Å². The van der Waals surface area contributed by atoms with Gasteiger partial charge in [0.25, 0.3) is 0 Å². The van der Waals surface area contributed by atoms with Crippen molar-refractivity contribution >= 4 is 33.4 Å². The molecular weight excluding hydrogens is 355 g/mol. The quantitative estimate of drug-likeness (QED) is 0.782. The van der Waals surface area contributed by atoms with Gasteiger partial charge >= 0.3 is 6.61 Å². The van der Waals surface area contributed by atoms with Gasteiger partial charge in [-0.2, -0.15) is 8.78 Å². The third-order valence-electron chi connectivity index (χ3n) is 2.30. The Morgan fingerprint density at radius 1 is 1.20 bits per heavy atom. The predicted molar refractivity (Wildman–Crippen MR) is 75.7 cm³/mol. The van der Waals surface area contributed by atoms with Crippen molar-refractivity contribution < 1.29 is 17.9 Å². The molecule has 0 saturated carbocycles. The number of rotatable bonds is 4. The van der Waals surface area contributed by atoms with Gasteiger partial charge in [0.2, 0.25) is 0 Å². The highest BCUT2D eigenvalue weighted by Gasteiger charge is 2.14. The third kappa shape index (κ3) is 3.83. The number of alkyl halides is 2. The minimum Gasteiger partial charge on any atom is -0.432 e. The topological polar surface area (TPSA) is 35.2 Å². The molecule has 0 bridgehead atoms. The second-order valence-electron chi connectivity index (χ2n) is 3.76. The molecule has 0 fully saturated rings.